The van der Waals surface area contributed by atoms with E-state index in [1.807, 2.05) is 31.2 Å². The summed E-state index contributed by atoms with van der Waals surface area (Å²) in [6, 6.07) is 7.74. The van der Waals surface area contributed by atoms with Crippen molar-refractivity contribution in [1.29, 1.82) is 0 Å². The number of nitrogens with one attached hydrogen (secondary N) is 2. The van der Waals surface area contributed by atoms with Gasteiger partial charge in [0.25, 0.3) is 5.91 Å². The Kier molecular flexibility index (Phi) is 6.68. The lowest BCUT2D eigenvalue weighted by Gasteiger charge is -2.27. The summed E-state index contributed by atoms with van der Waals surface area (Å²) in [5.41, 5.74) is 1.18. The molecular weight excluding hydrogens is 278 g/mol. The number of rotatable bonds is 7. The molecule has 22 heavy (non-hydrogen) atoms. The highest BCUT2D eigenvalue weighted by Gasteiger charge is 2.14. The predicted molar refractivity (Wildman–Crippen MR) is 88.2 cm³/mol. The van der Waals surface area contributed by atoms with Gasteiger partial charge in [-0.2, -0.15) is 0 Å². The topological polar surface area (TPSA) is 53.6 Å². The van der Waals surface area contributed by atoms with Crippen LogP contribution >= 0.6 is 0 Å². The summed E-state index contributed by atoms with van der Waals surface area (Å²) < 4.78 is 5.65. The summed E-state index contributed by atoms with van der Waals surface area (Å²) >= 11 is 0. The van der Waals surface area contributed by atoms with E-state index in [0.29, 0.717) is 6.54 Å². The third-order valence-corrected chi connectivity index (χ3v) is 3.86. The number of benzene rings is 1. The number of amides is 1. The van der Waals surface area contributed by atoms with E-state index in [2.05, 4.69) is 15.5 Å². The summed E-state index contributed by atoms with van der Waals surface area (Å²) in [5.74, 6) is 0.676. The van der Waals surface area contributed by atoms with Crippen molar-refractivity contribution >= 4 is 5.91 Å². The molecule has 1 fully saturated rings. The zero-order valence-electron chi connectivity index (χ0n) is 13.6. The number of hydrogen-bond acceptors (Lipinski definition) is 4. The van der Waals surface area contributed by atoms with Crippen LogP contribution in [0.15, 0.2) is 24.3 Å². The Morgan fingerprint density at radius 3 is 2.68 bits per heavy atom. The molecule has 0 saturated carbocycles. The average molecular weight is 305 g/mol. The van der Waals surface area contributed by atoms with Crippen molar-refractivity contribution in [2.24, 2.45) is 0 Å². The smallest absolute Gasteiger partial charge is 0.260 e. The molecule has 1 amide bonds. The number of aryl methyl sites for hydroxylation is 1. The van der Waals surface area contributed by atoms with Crippen LogP contribution in [-0.4, -0.2) is 56.2 Å². The molecule has 1 aromatic rings. The van der Waals surface area contributed by atoms with Crippen LogP contribution in [0.25, 0.3) is 0 Å². The first-order valence-electron chi connectivity index (χ1n) is 8.09. The number of carbonyl (C=O) groups excluding carboxylic acids is 1. The molecule has 1 saturated heterocycles. The molecule has 1 heterocycles. The Balaban J connectivity index is 1.62. The van der Waals surface area contributed by atoms with Gasteiger partial charge in [-0.3, -0.25) is 4.79 Å². The van der Waals surface area contributed by atoms with E-state index in [-0.39, 0.29) is 5.91 Å². The molecule has 0 aromatic heterocycles. The van der Waals surface area contributed by atoms with E-state index >= 15 is 0 Å². The van der Waals surface area contributed by atoms with Gasteiger partial charge in [0, 0.05) is 32.7 Å². The maximum absolute atomic E-state index is 12.0. The van der Waals surface area contributed by atoms with Gasteiger partial charge in [0.2, 0.25) is 0 Å². The second-order valence-corrected chi connectivity index (χ2v) is 5.81. The van der Waals surface area contributed by atoms with E-state index in [0.717, 1.165) is 44.9 Å². The van der Waals surface area contributed by atoms with Crippen molar-refractivity contribution < 1.29 is 9.53 Å². The molecular formula is C17H27N3O2. The minimum absolute atomic E-state index is 0.0547. The number of carbonyl (C=O) groups is 1. The van der Waals surface area contributed by atoms with Gasteiger partial charge in [-0.1, -0.05) is 17.7 Å². The number of piperazine rings is 1. The molecule has 5 heteroatoms. The van der Waals surface area contributed by atoms with Crippen LogP contribution in [0, 0.1) is 6.92 Å². The van der Waals surface area contributed by atoms with Gasteiger partial charge in [-0.05, 0) is 38.9 Å². The Hall–Kier alpha value is -1.59. The average Bonchev–Trinajstić information content (AvgIpc) is 2.54. The Labute approximate surface area is 133 Å². The summed E-state index contributed by atoms with van der Waals surface area (Å²) in [6.45, 7) is 9.87. The largest absolute Gasteiger partial charge is 0.481 e. The fourth-order valence-electron chi connectivity index (χ4n) is 2.47. The molecule has 1 aliphatic rings. The minimum atomic E-state index is -0.470. The van der Waals surface area contributed by atoms with Gasteiger partial charge in [0.15, 0.2) is 6.10 Å². The molecule has 1 atom stereocenters. The molecule has 2 N–H and O–H groups in total. The van der Waals surface area contributed by atoms with Crippen molar-refractivity contribution in [1.82, 2.24) is 15.5 Å². The first kappa shape index (κ1) is 16.8. The Morgan fingerprint density at radius 1 is 1.32 bits per heavy atom. The summed E-state index contributed by atoms with van der Waals surface area (Å²) in [6.07, 6.45) is 0.505. The van der Waals surface area contributed by atoms with Crippen molar-refractivity contribution in [2.75, 3.05) is 39.3 Å². The molecule has 1 unspecified atom stereocenters. The van der Waals surface area contributed by atoms with Crippen LogP contribution in [0.3, 0.4) is 0 Å². The molecule has 0 spiro atoms. The lowest BCUT2D eigenvalue weighted by Crippen LogP contribution is -2.44. The summed E-state index contributed by atoms with van der Waals surface area (Å²) in [5, 5.41) is 6.28. The number of hydrogen-bond donors (Lipinski definition) is 2. The lowest BCUT2D eigenvalue weighted by molar-refractivity contribution is -0.127. The normalized spacial score (nSPS) is 17.0. The van der Waals surface area contributed by atoms with Gasteiger partial charge in [-0.25, -0.2) is 0 Å². The molecule has 0 aliphatic carbocycles. The first-order valence-corrected chi connectivity index (χ1v) is 8.09. The Bertz CT molecular complexity index is 455. The van der Waals surface area contributed by atoms with Gasteiger partial charge < -0.3 is 20.3 Å². The molecule has 5 nitrogen and oxygen atoms in total. The highest BCUT2D eigenvalue weighted by Crippen LogP contribution is 2.13. The van der Waals surface area contributed by atoms with E-state index < -0.39 is 6.10 Å². The molecule has 0 radical (unpaired) electrons. The van der Waals surface area contributed by atoms with Crippen molar-refractivity contribution in [2.45, 2.75) is 26.4 Å². The molecule has 2 rings (SSSR count). The fraction of sp³-hybridized carbons (Fsp3) is 0.588. The van der Waals surface area contributed by atoms with Crippen LogP contribution in [0.1, 0.15) is 18.9 Å². The second-order valence-electron chi connectivity index (χ2n) is 5.81. The van der Waals surface area contributed by atoms with Gasteiger partial charge >= 0.3 is 0 Å². The van der Waals surface area contributed by atoms with Crippen LogP contribution in [0.4, 0.5) is 0 Å². The molecule has 1 aliphatic heterocycles. The fourth-order valence-corrected chi connectivity index (χ4v) is 2.47. The van der Waals surface area contributed by atoms with Crippen molar-refractivity contribution in [3.63, 3.8) is 0 Å². The van der Waals surface area contributed by atoms with Crippen molar-refractivity contribution in [3.05, 3.63) is 29.8 Å². The maximum Gasteiger partial charge on any atom is 0.260 e. The predicted octanol–water partition coefficient (Wildman–Crippen LogP) is 1.17. The maximum atomic E-state index is 12.0. The van der Waals surface area contributed by atoms with Gasteiger partial charge in [0.05, 0.1) is 0 Å². The SMILES string of the molecule is Cc1ccc(OC(C)C(=O)NCCCN2CCNCC2)cc1. The molecule has 0 bridgehead atoms. The number of ether oxygens (including phenoxy) is 1. The van der Waals surface area contributed by atoms with E-state index in [9.17, 15) is 4.79 Å². The third kappa shape index (κ3) is 5.66. The van der Waals surface area contributed by atoms with Crippen LogP contribution < -0.4 is 15.4 Å². The van der Waals surface area contributed by atoms with Crippen LogP contribution in [-0.2, 0) is 4.79 Å². The van der Waals surface area contributed by atoms with E-state index in [4.69, 9.17) is 4.74 Å². The first-order chi connectivity index (χ1) is 10.6. The van der Waals surface area contributed by atoms with Crippen LogP contribution in [0.5, 0.6) is 5.75 Å². The van der Waals surface area contributed by atoms with Crippen molar-refractivity contribution in [3.8, 4) is 5.75 Å². The number of nitrogens with zero attached hydrogens (tertiary/aromatic N) is 1. The summed E-state index contributed by atoms with van der Waals surface area (Å²) in [7, 11) is 0. The zero-order valence-corrected chi connectivity index (χ0v) is 13.6. The third-order valence-electron chi connectivity index (χ3n) is 3.86. The van der Waals surface area contributed by atoms with E-state index in [1.54, 1.807) is 6.92 Å². The van der Waals surface area contributed by atoms with Gasteiger partial charge in [-0.15, -0.1) is 0 Å². The van der Waals surface area contributed by atoms with E-state index in [1.165, 1.54) is 5.56 Å². The minimum Gasteiger partial charge on any atom is -0.481 e. The van der Waals surface area contributed by atoms with Gasteiger partial charge in [0.1, 0.15) is 5.75 Å². The highest BCUT2D eigenvalue weighted by atomic mass is 16.5. The quantitative estimate of drug-likeness (QED) is 0.743. The highest BCUT2D eigenvalue weighted by molar-refractivity contribution is 5.80. The van der Waals surface area contributed by atoms with Crippen LogP contribution in [0.2, 0.25) is 0 Å². The molecule has 1 aromatic carbocycles. The lowest BCUT2D eigenvalue weighted by atomic mass is 10.2. The summed E-state index contributed by atoms with van der Waals surface area (Å²) in [4.78, 5) is 14.4. The standard InChI is InChI=1S/C17H27N3O2/c1-14-4-6-16(7-5-14)22-15(2)17(21)19-8-3-11-20-12-9-18-10-13-20/h4-7,15,18H,3,8-13H2,1-2H3,(H,19,21). The monoisotopic (exact) mass is 305 g/mol. The molecule has 122 valence electrons. The Morgan fingerprint density at radius 2 is 2.00 bits per heavy atom. The second kappa shape index (κ2) is 8.76. The zero-order chi connectivity index (χ0) is 15.8.